The standard InChI is InChI=1S/C20H22BrNO/c1-2-19(22-20(23)17-9-5-6-10-18(17)21)16-12-11-14-7-3-4-8-15(14)13-16/h5-6,9-13,19H,2-4,7-8H2,1H3,(H,22,23). The highest BCUT2D eigenvalue weighted by Gasteiger charge is 2.18. The van der Waals surface area contributed by atoms with Crippen LogP contribution in [0.1, 0.15) is 59.3 Å². The molecule has 0 aromatic heterocycles. The maximum absolute atomic E-state index is 12.6. The molecule has 0 heterocycles. The van der Waals surface area contributed by atoms with Crippen molar-refractivity contribution in [3.8, 4) is 0 Å². The van der Waals surface area contributed by atoms with E-state index in [0.717, 1.165) is 17.3 Å². The summed E-state index contributed by atoms with van der Waals surface area (Å²) in [7, 11) is 0. The van der Waals surface area contributed by atoms with E-state index in [1.165, 1.54) is 36.0 Å². The van der Waals surface area contributed by atoms with Gasteiger partial charge in [-0.15, -0.1) is 0 Å². The molecule has 0 radical (unpaired) electrons. The fourth-order valence-corrected chi connectivity index (χ4v) is 3.74. The monoisotopic (exact) mass is 371 g/mol. The molecule has 0 saturated heterocycles. The Kier molecular flexibility index (Phi) is 5.16. The van der Waals surface area contributed by atoms with Gasteiger partial charge in [-0.1, -0.05) is 37.3 Å². The van der Waals surface area contributed by atoms with Crippen LogP contribution in [0.5, 0.6) is 0 Å². The van der Waals surface area contributed by atoms with E-state index in [1.54, 1.807) is 0 Å². The van der Waals surface area contributed by atoms with Crippen molar-refractivity contribution in [2.45, 2.75) is 45.1 Å². The minimum Gasteiger partial charge on any atom is -0.345 e. The third-order valence-corrected chi connectivity index (χ3v) is 5.30. The van der Waals surface area contributed by atoms with Crippen LogP contribution in [0, 0.1) is 0 Å². The van der Waals surface area contributed by atoms with Gasteiger partial charge in [0.25, 0.3) is 5.91 Å². The second kappa shape index (κ2) is 7.31. The van der Waals surface area contributed by atoms with Crippen LogP contribution in [0.25, 0.3) is 0 Å². The molecule has 1 aliphatic rings. The summed E-state index contributed by atoms with van der Waals surface area (Å²) in [5.41, 5.74) is 4.84. The molecule has 1 amide bonds. The molecule has 0 bridgehead atoms. The number of fused-ring (bicyclic) bond motifs is 1. The van der Waals surface area contributed by atoms with Gasteiger partial charge in [-0.25, -0.2) is 0 Å². The van der Waals surface area contributed by atoms with Crippen LogP contribution in [0.2, 0.25) is 0 Å². The molecule has 0 fully saturated rings. The zero-order valence-electron chi connectivity index (χ0n) is 13.4. The van der Waals surface area contributed by atoms with Crippen molar-refractivity contribution in [2.75, 3.05) is 0 Å². The first-order valence-electron chi connectivity index (χ1n) is 8.36. The fraction of sp³-hybridized carbons (Fsp3) is 0.350. The van der Waals surface area contributed by atoms with Crippen LogP contribution >= 0.6 is 15.9 Å². The number of rotatable bonds is 4. The molecule has 2 nitrogen and oxygen atoms in total. The number of carbonyl (C=O) groups is 1. The highest BCUT2D eigenvalue weighted by Crippen LogP contribution is 2.26. The number of benzene rings is 2. The lowest BCUT2D eigenvalue weighted by atomic mass is 9.88. The van der Waals surface area contributed by atoms with E-state index in [2.05, 4.69) is 46.4 Å². The molecule has 3 heteroatoms. The zero-order valence-corrected chi connectivity index (χ0v) is 15.0. The van der Waals surface area contributed by atoms with Gasteiger partial charge < -0.3 is 5.32 Å². The number of hydrogen-bond donors (Lipinski definition) is 1. The van der Waals surface area contributed by atoms with Gasteiger partial charge in [0, 0.05) is 4.47 Å². The van der Waals surface area contributed by atoms with Crippen LogP contribution in [0.3, 0.4) is 0 Å². The number of aryl methyl sites for hydroxylation is 2. The van der Waals surface area contributed by atoms with E-state index >= 15 is 0 Å². The zero-order chi connectivity index (χ0) is 16.2. The number of hydrogen-bond acceptors (Lipinski definition) is 1. The SMILES string of the molecule is CCC(NC(=O)c1ccccc1Br)c1ccc2c(c1)CCCC2. The van der Waals surface area contributed by atoms with Crippen LogP contribution in [-0.4, -0.2) is 5.91 Å². The summed E-state index contributed by atoms with van der Waals surface area (Å²) in [4.78, 5) is 12.6. The number of amides is 1. The summed E-state index contributed by atoms with van der Waals surface area (Å²) < 4.78 is 0.831. The molecular formula is C20H22BrNO. The van der Waals surface area contributed by atoms with E-state index in [4.69, 9.17) is 0 Å². The lowest BCUT2D eigenvalue weighted by Crippen LogP contribution is -2.28. The van der Waals surface area contributed by atoms with Gasteiger partial charge in [0.2, 0.25) is 0 Å². The number of carbonyl (C=O) groups excluding carboxylic acids is 1. The van der Waals surface area contributed by atoms with Crippen molar-refractivity contribution in [3.05, 3.63) is 69.2 Å². The van der Waals surface area contributed by atoms with Crippen molar-refractivity contribution in [1.29, 1.82) is 0 Å². The van der Waals surface area contributed by atoms with Gasteiger partial charge in [-0.2, -0.15) is 0 Å². The largest absolute Gasteiger partial charge is 0.345 e. The van der Waals surface area contributed by atoms with Gasteiger partial charge >= 0.3 is 0 Å². The quantitative estimate of drug-likeness (QED) is 0.784. The van der Waals surface area contributed by atoms with Crippen molar-refractivity contribution in [3.63, 3.8) is 0 Å². The number of halogens is 1. The molecule has 120 valence electrons. The van der Waals surface area contributed by atoms with Crippen LogP contribution in [-0.2, 0) is 12.8 Å². The summed E-state index contributed by atoms with van der Waals surface area (Å²) in [6.07, 6.45) is 5.81. The summed E-state index contributed by atoms with van der Waals surface area (Å²) in [5, 5.41) is 3.18. The normalized spacial score (nSPS) is 14.9. The molecule has 1 N–H and O–H groups in total. The topological polar surface area (TPSA) is 29.1 Å². The maximum atomic E-state index is 12.6. The first-order valence-corrected chi connectivity index (χ1v) is 9.15. The average molecular weight is 372 g/mol. The van der Waals surface area contributed by atoms with Gasteiger partial charge in [-0.05, 0) is 76.9 Å². The molecule has 23 heavy (non-hydrogen) atoms. The van der Waals surface area contributed by atoms with Crippen LogP contribution < -0.4 is 5.32 Å². The molecule has 0 aliphatic heterocycles. The Hall–Kier alpha value is -1.61. The highest BCUT2D eigenvalue weighted by molar-refractivity contribution is 9.10. The van der Waals surface area contributed by atoms with Gasteiger partial charge in [0.15, 0.2) is 0 Å². The van der Waals surface area contributed by atoms with Crippen molar-refractivity contribution in [1.82, 2.24) is 5.32 Å². The van der Waals surface area contributed by atoms with E-state index in [9.17, 15) is 4.79 Å². The first-order chi connectivity index (χ1) is 11.2. The minimum atomic E-state index is -0.0259. The smallest absolute Gasteiger partial charge is 0.252 e. The Morgan fingerprint density at radius 3 is 2.61 bits per heavy atom. The van der Waals surface area contributed by atoms with Gasteiger partial charge in [0.05, 0.1) is 11.6 Å². The molecule has 0 spiro atoms. The Bertz CT molecular complexity index is 711. The van der Waals surface area contributed by atoms with Crippen LogP contribution in [0.4, 0.5) is 0 Å². The Morgan fingerprint density at radius 1 is 1.13 bits per heavy atom. The predicted molar refractivity (Wildman–Crippen MR) is 97.7 cm³/mol. The molecular weight excluding hydrogens is 350 g/mol. The molecule has 2 aromatic carbocycles. The van der Waals surface area contributed by atoms with E-state index in [-0.39, 0.29) is 11.9 Å². The lowest BCUT2D eigenvalue weighted by Gasteiger charge is -2.22. The van der Waals surface area contributed by atoms with Crippen molar-refractivity contribution >= 4 is 21.8 Å². The first kappa shape index (κ1) is 16.3. The minimum absolute atomic E-state index is 0.0259. The lowest BCUT2D eigenvalue weighted by molar-refractivity contribution is 0.0935. The predicted octanol–water partition coefficient (Wildman–Crippen LogP) is 5.21. The summed E-state index contributed by atoms with van der Waals surface area (Å²) in [6.45, 7) is 2.12. The van der Waals surface area contributed by atoms with E-state index in [1.807, 2.05) is 24.3 Å². The second-order valence-corrected chi connectivity index (χ2v) is 7.00. The van der Waals surface area contributed by atoms with E-state index < -0.39 is 0 Å². The summed E-state index contributed by atoms with van der Waals surface area (Å²) in [5.74, 6) is -0.0259. The van der Waals surface area contributed by atoms with Gasteiger partial charge in [-0.3, -0.25) is 4.79 Å². The maximum Gasteiger partial charge on any atom is 0.252 e. The summed E-state index contributed by atoms with van der Waals surface area (Å²) >= 11 is 3.45. The molecule has 0 saturated carbocycles. The molecule has 3 rings (SSSR count). The third-order valence-electron chi connectivity index (χ3n) is 4.61. The second-order valence-electron chi connectivity index (χ2n) is 6.15. The summed E-state index contributed by atoms with van der Waals surface area (Å²) in [6, 6.07) is 14.3. The molecule has 1 aliphatic carbocycles. The van der Waals surface area contributed by atoms with E-state index in [0.29, 0.717) is 5.56 Å². The highest BCUT2D eigenvalue weighted by atomic mass is 79.9. The number of nitrogens with one attached hydrogen (secondary N) is 1. The fourth-order valence-electron chi connectivity index (χ4n) is 3.27. The molecule has 2 aromatic rings. The van der Waals surface area contributed by atoms with Crippen LogP contribution in [0.15, 0.2) is 46.9 Å². The van der Waals surface area contributed by atoms with Crippen molar-refractivity contribution in [2.24, 2.45) is 0 Å². The molecule has 1 unspecified atom stereocenters. The van der Waals surface area contributed by atoms with Gasteiger partial charge in [0.1, 0.15) is 0 Å². The Morgan fingerprint density at radius 2 is 1.87 bits per heavy atom. The third kappa shape index (κ3) is 3.66. The Labute approximate surface area is 146 Å². The Balaban J connectivity index is 1.80. The van der Waals surface area contributed by atoms with Crippen molar-refractivity contribution < 1.29 is 4.79 Å². The average Bonchev–Trinajstić information content (AvgIpc) is 2.59. The molecule has 1 atom stereocenters.